The van der Waals surface area contributed by atoms with Crippen LogP contribution in [0.25, 0.3) is 0 Å². The van der Waals surface area contributed by atoms with Gasteiger partial charge in [0.05, 0.1) is 7.11 Å². The maximum absolute atomic E-state index is 13.7. The van der Waals surface area contributed by atoms with Crippen molar-refractivity contribution in [2.75, 3.05) is 26.1 Å². The number of hydrogen-bond donors (Lipinski definition) is 1. The quantitative estimate of drug-likeness (QED) is 0.907. The van der Waals surface area contributed by atoms with E-state index < -0.39 is 0 Å². The SMILES string of the molecule is CNC1CCC(N(C)c2ccc(OC)c(F)c2)CC1. The summed E-state index contributed by atoms with van der Waals surface area (Å²) in [5.41, 5.74) is 0.922. The molecule has 3 nitrogen and oxygen atoms in total. The van der Waals surface area contributed by atoms with Gasteiger partial charge in [0.1, 0.15) is 0 Å². The highest BCUT2D eigenvalue weighted by Gasteiger charge is 2.23. The minimum atomic E-state index is -0.296. The number of benzene rings is 1. The maximum Gasteiger partial charge on any atom is 0.167 e. The van der Waals surface area contributed by atoms with E-state index >= 15 is 0 Å². The van der Waals surface area contributed by atoms with Crippen molar-refractivity contribution in [3.8, 4) is 5.75 Å². The van der Waals surface area contributed by atoms with E-state index in [2.05, 4.69) is 10.2 Å². The summed E-state index contributed by atoms with van der Waals surface area (Å²) in [5.74, 6) is 0.00630. The van der Waals surface area contributed by atoms with Crippen molar-refractivity contribution < 1.29 is 9.13 Å². The van der Waals surface area contributed by atoms with Crippen molar-refractivity contribution in [2.45, 2.75) is 37.8 Å². The summed E-state index contributed by atoms with van der Waals surface area (Å²) < 4.78 is 18.7. The number of rotatable bonds is 4. The monoisotopic (exact) mass is 266 g/mol. The summed E-state index contributed by atoms with van der Waals surface area (Å²) in [6.45, 7) is 0. The fraction of sp³-hybridized carbons (Fsp3) is 0.600. The Morgan fingerprint density at radius 2 is 1.95 bits per heavy atom. The van der Waals surface area contributed by atoms with Crippen LogP contribution in [0.3, 0.4) is 0 Å². The first kappa shape index (κ1) is 14.1. The molecule has 0 amide bonds. The zero-order chi connectivity index (χ0) is 13.8. The molecule has 0 unspecified atom stereocenters. The largest absolute Gasteiger partial charge is 0.494 e. The lowest BCUT2D eigenvalue weighted by Gasteiger charge is -2.36. The number of nitrogens with zero attached hydrogens (tertiary/aromatic N) is 1. The summed E-state index contributed by atoms with van der Waals surface area (Å²) in [4.78, 5) is 2.19. The van der Waals surface area contributed by atoms with Crippen LogP contribution in [0.15, 0.2) is 18.2 Å². The van der Waals surface area contributed by atoms with Crippen LogP contribution in [0.1, 0.15) is 25.7 Å². The molecule has 1 aliphatic carbocycles. The number of hydrogen-bond acceptors (Lipinski definition) is 3. The van der Waals surface area contributed by atoms with E-state index in [0.717, 1.165) is 18.5 Å². The Balaban J connectivity index is 2.03. The van der Waals surface area contributed by atoms with Crippen LogP contribution in [0.2, 0.25) is 0 Å². The molecule has 4 heteroatoms. The average molecular weight is 266 g/mol. The highest BCUT2D eigenvalue weighted by molar-refractivity contribution is 5.50. The lowest BCUT2D eigenvalue weighted by molar-refractivity contribution is 0.351. The summed E-state index contributed by atoms with van der Waals surface area (Å²) in [6.07, 6.45) is 4.67. The molecule has 19 heavy (non-hydrogen) atoms. The van der Waals surface area contributed by atoms with Crippen LogP contribution in [-0.2, 0) is 0 Å². The molecule has 0 aromatic heterocycles. The lowest BCUT2D eigenvalue weighted by Crippen LogP contribution is -2.39. The second-order valence-corrected chi connectivity index (χ2v) is 5.22. The Kier molecular flexibility index (Phi) is 4.64. The predicted molar refractivity (Wildman–Crippen MR) is 76.5 cm³/mol. The second kappa shape index (κ2) is 6.24. The Morgan fingerprint density at radius 1 is 1.26 bits per heavy atom. The average Bonchev–Trinajstić information content (AvgIpc) is 2.46. The summed E-state index contributed by atoms with van der Waals surface area (Å²) >= 11 is 0. The van der Waals surface area contributed by atoms with Gasteiger partial charge in [-0.25, -0.2) is 4.39 Å². The van der Waals surface area contributed by atoms with E-state index in [1.54, 1.807) is 12.1 Å². The van der Waals surface area contributed by atoms with Crippen molar-refractivity contribution in [2.24, 2.45) is 0 Å². The maximum atomic E-state index is 13.7. The molecule has 1 aromatic carbocycles. The molecule has 1 aromatic rings. The molecule has 2 rings (SSSR count). The van der Waals surface area contributed by atoms with Crippen molar-refractivity contribution in [3.05, 3.63) is 24.0 Å². The number of nitrogens with one attached hydrogen (secondary N) is 1. The molecular weight excluding hydrogens is 243 g/mol. The van der Waals surface area contributed by atoms with E-state index in [0.29, 0.717) is 17.8 Å². The van der Waals surface area contributed by atoms with Crippen molar-refractivity contribution in [1.29, 1.82) is 0 Å². The van der Waals surface area contributed by atoms with Gasteiger partial charge in [0, 0.05) is 30.9 Å². The molecule has 1 fully saturated rings. The molecule has 0 atom stereocenters. The van der Waals surface area contributed by atoms with Crippen molar-refractivity contribution in [1.82, 2.24) is 5.32 Å². The van der Waals surface area contributed by atoms with Crippen LogP contribution in [0, 0.1) is 5.82 Å². The van der Waals surface area contributed by atoms with Gasteiger partial charge in [-0.3, -0.25) is 0 Å². The van der Waals surface area contributed by atoms with Gasteiger partial charge in [0.2, 0.25) is 0 Å². The highest BCUT2D eigenvalue weighted by Crippen LogP contribution is 2.29. The Bertz CT molecular complexity index is 417. The van der Waals surface area contributed by atoms with Gasteiger partial charge in [-0.05, 0) is 44.9 Å². The lowest BCUT2D eigenvalue weighted by atomic mass is 9.90. The minimum Gasteiger partial charge on any atom is -0.494 e. The van der Waals surface area contributed by atoms with Crippen LogP contribution in [-0.4, -0.2) is 33.3 Å². The molecule has 0 heterocycles. The molecule has 0 saturated heterocycles. The van der Waals surface area contributed by atoms with E-state index in [1.165, 1.54) is 20.0 Å². The van der Waals surface area contributed by atoms with Gasteiger partial charge in [0.25, 0.3) is 0 Å². The summed E-state index contributed by atoms with van der Waals surface area (Å²) in [5, 5.41) is 3.33. The predicted octanol–water partition coefficient (Wildman–Crippen LogP) is 2.80. The van der Waals surface area contributed by atoms with Gasteiger partial charge >= 0.3 is 0 Å². The minimum absolute atomic E-state index is 0.296. The standard InChI is InChI=1S/C15H23FN2O/c1-17-11-4-6-12(7-5-11)18(2)13-8-9-15(19-3)14(16)10-13/h8-12,17H,4-7H2,1-3H3. The topological polar surface area (TPSA) is 24.5 Å². The first-order valence-corrected chi connectivity index (χ1v) is 6.89. The molecule has 0 spiro atoms. The van der Waals surface area contributed by atoms with Gasteiger partial charge < -0.3 is 15.0 Å². The highest BCUT2D eigenvalue weighted by atomic mass is 19.1. The third-order valence-electron chi connectivity index (χ3n) is 4.20. The zero-order valence-electron chi connectivity index (χ0n) is 11.9. The molecule has 1 saturated carbocycles. The van der Waals surface area contributed by atoms with E-state index in [-0.39, 0.29) is 5.82 Å². The Hall–Kier alpha value is -1.29. The van der Waals surface area contributed by atoms with E-state index in [1.807, 2.05) is 20.2 Å². The third kappa shape index (κ3) is 3.18. The van der Waals surface area contributed by atoms with Crippen LogP contribution < -0.4 is 15.0 Å². The number of anilines is 1. The summed E-state index contributed by atoms with van der Waals surface area (Å²) in [6, 6.07) is 6.31. The molecule has 0 aliphatic heterocycles. The number of ether oxygens (including phenoxy) is 1. The molecule has 1 aliphatic rings. The fourth-order valence-electron chi connectivity index (χ4n) is 2.84. The van der Waals surface area contributed by atoms with Gasteiger partial charge in [-0.15, -0.1) is 0 Å². The van der Waals surface area contributed by atoms with Gasteiger partial charge in [-0.1, -0.05) is 0 Å². The van der Waals surface area contributed by atoms with Crippen LogP contribution in [0.4, 0.5) is 10.1 Å². The van der Waals surface area contributed by atoms with Crippen LogP contribution >= 0.6 is 0 Å². The van der Waals surface area contributed by atoms with Crippen LogP contribution in [0.5, 0.6) is 5.75 Å². The van der Waals surface area contributed by atoms with Gasteiger partial charge in [-0.2, -0.15) is 0 Å². The number of halogens is 1. The molecule has 0 bridgehead atoms. The normalized spacial score (nSPS) is 23.2. The molecule has 106 valence electrons. The first-order chi connectivity index (χ1) is 9.15. The third-order valence-corrected chi connectivity index (χ3v) is 4.20. The van der Waals surface area contributed by atoms with Crippen molar-refractivity contribution >= 4 is 5.69 Å². The van der Waals surface area contributed by atoms with Crippen molar-refractivity contribution in [3.63, 3.8) is 0 Å². The Labute approximate surface area is 114 Å². The fourth-order valence-corrected chi connectivity index (χ4v) is 2.84. The summed E-state index contributed by atoms with van der Waals surface area (Å²) in [7, 11) is 5.56. The van der Waals surface area contributed by atoms with Gasteiger partial charge in [0.15, 0.2) is 11.6 Å². The molecule has 1 N–H and O–H groups in total. The molecule has 0 radical (unpaired) electrons. The molecular formula is C15H23FN2O. The van der Waals surface area contributed by atoms with E-state index in [9.17, 15) is 4.39 Å². The van der Waals surface area contributed by atoms with E-state index in [4.69, 9.17) is 4.74 Å². The zero-order valence-corrected chi connectivity index (χ0v) is 11.9. The Morgan fingerprint density at radius 3 is 2.47 bits per heavy atom. The smallest absolute Gasteiger partial charge is 0.167 e. The first-order valence-electron chi connectivity index (χ1n) is 6.89. The number of methoxy groups -OCH3 is 1. The second-order valence-electron chi connectivity index (χ2n) is 5.22.